The quantitative estimate of drug-likeness (QED) is 0.648. The Morgan fingerprint density at radius 2 is 1.88 bits per heavy atom. The summed E-state index contributed by atoms with van der Waals surface area (Å²) >= 11 is 0.765. The maximum Gasteiger partial charge on any atom is 0.283 e. The van der Waals surface area contributed by atoms with E-state index in [0.717, 1.165) is 17.8 Å². The van der Waals surface area contributed by atoms with Crippen LogP contribution in [0.15, 0.2) is 46.2 Å². The molecule has 0 aliphatic heterocycles. The highest BCUT2D eigenvalue weighted by Crippen LogP contribution is 2.36. The number of nitro groups is 1. The van der Waals surface area contributed by atoms with Crippen LogP contribution in [-0.2, 0) is 0 Å². The average molecular weight is 352 g/mol. The fraction of sp³-hybridized carbons (Fsp3) is 0.188. The third kappa shape index (κ3) is 4.29. The molecule has 0 radical (unpaired) electrons. The zero-order chi connectivity index (χ0) is 17.9. The maximum atomic E-state index is 13.8. The minimum Gasteiger partial charge on any atom is -0.350 e. The minimum atomic E-state index is -0.827. The molecule has 0 heterocycles. The Morgan fingerprint density at radius 3 is 2.46 bits per heavy atom. The molecule has 2 aromatic carbocycles. The summed E-state index contributed by atoms with van der Waals surface area (Å²) < 4.78 is 26.8. The molecule has 0 aliphatic rings. The number of nitrogens with zero attached hydrogens (tertiary/aromatic N) is 1. The van der Waals surface area contributed by atoms with Crippen LogP contribution >= 0.6 is 11.8 Å². The van der Waals surface area contributed by atoms with E-state index in [4.69, 9.17) is 0 Å². The summed E-state index contributed by atoms with van der Waals surface area (Å²) in [5, 5.41) is 13.8. The van der Waals surface area contributed by atoms with Crippen molar-refractivity contribution >= 4 is 23.4 Å². The van der Waals surface area contributed by atoms with Crippen LogP contribution in [0.1, 0.15) is 24.2 Å². The summed E-state index contributed by atoms with van der Waals surface area (Å²) in [6, 6.07) is 6.71. The van der Waals surface area contributed by atoms with Crippen LogP contribution in [0.4, 0.5) is 14.5 Å². The second-order valence-corrected chi connectivity index (χ2v) is 6.33. The zero-order valence-electron chi connectivity index (χ0n) is 12.9. The Hall–Kier alpha value is -2.48. The van der Waals surface area contributed by atoms with Gasteiger partial charge < -0.3 is 5.32 Å². The van der Waals surface area contributed by atoms with Crippen molar-refractivity contribution in [3.63, 3.8) is 0 Å². The highest BCUT2D eigenvalue weighted by atomic mass is 32.2. The van der Waals surface area contributed by atoms with E-state index in [9.17, 15) is 23.7 Å². The van der Waals surface area contributed by atoms with Crippen LogP contribution in [0, 0.1) is 21.7 Å². The molecule has 126 valence electrons. The van der Waals surface area contributed by atoms with Gasteiger partial charge in [-0.3, -0.25) is 14.9 Å². The molecule has 0 atom stereocenters. The Morgan fingerprint density at radius 1 is 1.17 bits per heavy atom. The topological polar surface area (TPSA) is 72.2 Å². The predicted octanol–water partition coefficient (Wildman–Crippen LogP) is 4.16. The number of nitrogens with one attached hydrogen (secondary N) is 1. The first-order valence-electron chi connectivity index (χ1n) is 7.00. The van der Waals surface area contributed by atoms with Gasteiger partial charge in [0.15, 0.2) is 0 Å². The largest absolute Gasteiger partial charge is 0.350 e. The van der Waals surface area contributed by atoms with E-state index in [-0.39, 0.29) is 33.0 Å². The lowest BCUT2D eigenvalue weighted by molar-refractivity contribution is -0.387. The molecule has 0 fully saturated rings. The van der Waals surface area contributed by atoms with E-state index in [2.05, 4.69) is 5.32 Å². The molecule has 1 N–H and O–H groups in total. The highest BCUT2D eigenvalue weighted by molar-refractivity contribution is 7.99. The van der Waals surface area contributed by atoms with E-state index >= 15 is 0 Å². The third-order valence-electron chi connectivity index (χ3n) is 2.95. The molecule has 0 bridgehead atoms. The zero-order valence-corrected chi connectivity index (χ0v) is 13.7. The lowest BCUT2D eigenvalue weighted by atomic mass is 10.2. The fourth-order valence-corrected chi connectivity index (χ4v) is 2.87. The van der Waals surface area contributed by atoms with Crippen LogP contribution in [0.25, 0.3) is 0 Å². The van der Waals surface area contributed by atoms with E-state index in [1.54, 1.807) is 13.8 Å². The van der Waals surface area contributed by atoms with Gasteiger partial charge in [-0.2, -0.15) is 0 Å². The van der Waals surface area contributed by atoms with Gasteiger partial charge in [-0.1, -0.05) is 11.8 Å². The van der Waals surface area contributed by atoms with Gasteiger partial charge in [0.2, 0.25) is 0 Å². The van der Waals surface area contributed by atoms with Gasteiger partial charge in [0.25, 0.3) is 11.6 Å². The number of rotatable bonds is 5. The molecule has 0 aliphatic carbocycles. The first kappa shape index (κ1) is 17.9. The van der Waals surface area contributed by atoms with Crippen LogP contribution in [-0.4, -0.2) is 16.9 Å². The van der Waals surface area contributed by atoms with Crippen molar-refractivity contribution in [1.82, 2.24) is 5.32 Å². The number of halogens is 2. The molecule has 2 aromatic rings. The first-order chi connectivity index (χ1) is 11.3. The van der Waals surface area contributed by atoms with Crippen LogP contribution < -0.4 is 5.32 Å². The number of carbonyl (C=O) groups excluding carboxylic acids is 1. The number of hydrogen-bond acceptors (Lipinski definition) is 4. The highest BCUT2D eigenvalue weighted by Gasteiger charge is 2.19. The molecule has 24 heavy (non-hydrogen) atoms. The molecular weight excluding hydrogens is 338 g/mol. The van der Waals surface area contributed by atoms with Crippen molar-refractivity contribution in [3.8, 4) is 0 Å². The molecule has 8 heteroatoms. The monoisotopic (exact) mass is 352 g/mol. The summed E-state index contributed by atoms with van der Waals surface area (Å²) in [5.41, 5.74) is -0.0378. The van der Waals surface area contributed by atoms with Crippen molar-refractivity contribution in [2.75, 3.05) is 0 Å². The number of nitro benzene ring substituents is 1. The molecule has 1 amide bonds. The van der Waals surface area contributed by atoms with Crippen LogP contribution in [0.3, 0.4) is 0 Å². The second kappa shape index (κ2) is 7.39. The molecular formula is C16H14F2N2O3S. The maximum absolute atomic E-state index is 13.8. The SMILES string of the molecule is CC(C)NC(=O)c1ccc([N+](=O)[O-])c(Sc2ccc(F)cc2F)c1. The van der Waals surface area contributed by atoms with Crippen LogP contribution in [0.2, 0.25) is 0 Å². The Balaban J connectivity index is 2.41. The average Bonchev–Trinajstić information content (AvgIpc) is 2.49. The van der Waals surface area contributed by atoms with Gasteiger partial charge in [-0.15, -0.1) is 0 Å². The first-order valence-corrected chi connectivity index (χ1v) is 7.82. The fourth-order valence-electron chi connectivity index (χ4n) is 1.91. The van der Waals surface area contributed by atoms with E-state index in [1.165, 1.54) is 24.3 Å². The van der Waals surface area contributed by atoms with Crippen molar-refractivity contribution in [3.05, 3.63) is 63.7 Å². The molecule has 0 saturated carbocycles. The van der Waals surface area contributed by atoms with Gasteiger partial charge in [0.1, 0.15) is 11.6 Å². The van der Waals surface area contributed by atoms with Crippen molar-refractivity contribution in [2.45, 2.75) is 29.7 Å². The van der Waals surface area contributed by atoms with E-state index in [0.29, 0.717) is 6.07 Å². The summed E-state index contributed by atoms with van der Waals surface area (Å²) in [4.78, 5) is 22.7. The lowest BCUT2D eigenvalue weighted by Gasteiger charge is -2.10. The van der Waals surface area contributed by atoms with Gasteiger partial charge in [0, 0.05) is 28.6 Å². The number of amides is 1. The summed E-state index contributed by atoms with van der Waals surface area (Å²) in [7, 11) is 0. The Kier molecular flexibility index (Phi) is 5.50. The normalized spacial score (nSPS) is 10.7. The second-order valence-electron chi connectivity index (χ2n) is 5.24. The van der Waals surface area contributed by atoms with E-state index < -0.39 is 16.6 Å². The molecule has 0 aromatic heterocycles. The Labute approximate surface area is 141 Å². The minimum absolute atomic E-state index is 0.0286. The lowest BCUT2D eigenvalue weighted by Crippen LogP contribution is -2.30. The number of hydrogen-bond donors (Lipinski definition) is 1. The smallest absolute Gasteiger partial charge is 0.283 e. The van der Waals surface area contributed by atoms with Crippen LogP contribution in [0.5, 0.6) is 0 Å². The standard InChI is InChI=1S/C16H14F2N2O3S/c1-9(2)19-16(21)10-3-5-13(20(22)23)15(7-10)24-14-6-4-11(17)8-12(14)18/h3-9H,1-2H3,(H,19,21). The molecule has 2 rings (SSSR count). The summed E-state index contributed by atoms with van der Waals surface area (Å²) in [5.74, 6) is -1.95. The third-order valence-corrected chi connectivity index (χ3v) is 4.05. The molecule has 5 nitrogen and oxygen atoms in total. The van der Waals surface area contributed by atoms with Crippen molar-refractivity contribution in [1.29, 1.82) is 0 Å². The molecule has 0 saturated heterocycles. The van der Waals surface area contributed by atoms with Gasteiger partial charge >= 0.3 is 0 Å². The summed E-state index contributed by atoms with van der Waals surface area (Å²) in [6.45, 7) is 3.57. The number of benzene rings is 2. The van der Waals surface area contributed by atoms with E-state index in [1.807, 2.05) is 0 Å². The van der Waals surface area contributed by atoms with Gasteiger partial charge in [0.05, 0.1) is 9.82 Å². The predicted molar refractivity (Wildman–Crippen MR) is 86.2 cm³/mol. The summed E-state index contributed by atoms with van der Waals surface area (Å²) in [6.07, 6.45) is 0. The molecule has 0 unspecified atom stereocenters. The van der Waals surface area contributed by atoms with Gasteiger partial charge in [-0.25, -0.2) is 8.78 Å². The Bertz CT molecular complexity index is 797. The number of carbonyl (C=O) groups is 1. The van der Waals surface area contributed by atoms with Gasteiger partial charge in [-0.05, 0) is 38.1 Å². The van der Waals surface area contributed by atoms with Crippen molar-refractivity contribution < 1.29 is 18.5 Å². The van der Waals surface area contributed by atoms with Crippen molar-refractivity contribution in [2.24, 2.45) is 0 Å². The molecule has 0 spiro atoms.